The number of benzene rings is 2. The minimum atomic E-state index is 0.500. The van der Waals surface area contributed by atoms with Crippen molar-refractivity contribution in [3.63, 3.8) is 0 Å². The van der Waals surface area contributed by atoms with Crippen molar-refractivity contribution in [3.8, 4) is 0 Å². The molecule has 0 spiro atoms. The Labute approximate surface area is 153 Å². The minimum Gasteiger partial charge on any atom is -0.255 e. The van der Waals surface area contributed by atoms with Crippen LogP contribution in [-0.4, -0.2) is 7.18 Å². The maximum atomic E-state index is 9.50. The molecule has 0 atom stereocenters. The van der Waals surface area contributed by atoms with Gasteiger partial charge >= 0.3 is 0 Å². The summed E-state index contributed by atoms with van der Waals surface area (Å²) < 4.78 is 15.2. The van der Waals surface area contributed by atoms with Crippen LogP contribution in [0, 0.1) is 13.8 Å². The number of halogens is 1. The number of hydrogen-bond acceptors (Lipinski definition) is 0. The predicted molar refractivity (Wildman–Crippen MR) is 111 cm³/mol. The van der Waals surface area contributed by atoms with Crippen LogP contribution in [0.3, 0.4) is 0 Å². The second-order valence-corrected chi connectivity index (χ2v) is 6.11. The Balaban J connectivity index is 0.000000221. The van der Waals surface area contributed by atoms with Crippen molar-refractivity contribution in [1.82, 2.24) is 0 Å². The molecule has 0 saturated carbocycles. The molecule has 0 saturated heterocycles. The van der Waals surface area contributed by atoms with E-state index in [1.807, 2.05) is 6.08 Å². The average molecular weight is 338 g/mol. The van der Waals surface area contributed by atoms with E-state index in [0.29, 0.717) is 7.18 Å². The van der Waals surface area contributed by atoms with Gasteiger partial charge in [-0.05, 0) is 54.5 Å². The van der Waals surface area contributed by atoms with Gasteiger partial charge in [0.1, 0.15) is 0 Å². The topological polar surface area (TPSA) is 0 Å². The lowest BCUT2D eigenvalue weighted by atomic mass is 10.1. The fourth-order valence-electron chi connectivity index (χ4n) is 2.98. The second kappa shape index (κ2) is 9.78. The van der Waals surface area contributed by atoms with Crippen molar-refractivity contribution < 1.29 is 5.76 Å². The van der Waals surface area contributed by atoms with Crippen molar-refractivity contribution >= 4 is 12.2 Å². The molecule has 0 N–H and O–H groups in total. The summed E-state index contributed by atoms with van der Waals surface area (Å²) in [5.74, 6) is 0. The maximum absolute atomic E-state index is 9.50. The quantitative estimate of drug-likeness (QED) is 0.496. The van der Waals surface area contributed by atoms with Crippen molar-refractivity contribution in [2.75, 3.05) is 7.18 Å². The van der Waals surface area contributed by atoms with Gasteiger partial charge in [0.05, 0.1) is 7.18 Å². The van der Waals surface area contributed by atoms with Gasteiger partial charge in [0, 0.05) is 1.37 Å². The summed E-state index contributed by atoms with van der Waals surface area (Å²) in [6.07, 6.45) is 10.7. The van der Waals surface area contributed by atoms with Gasteiger partial charge in [0.25, 0.3) is 0 Å². The lowest BCUT2D eigenvalue weighted by molar-refractivity contribution is 0.636. The number of alkyl halides is 1. The van der Waals surface area contributed by atoms with Gasteiger partial charge in [-0.2, -0.15) is 0 Å². The van der Waals surface area contributed by atoms with Crippen LogP contribution in [0.15, 0.2) is 60.7 Å². The third-order valence-electron chi connectivity index (χ3n) is 4.24. The minimum absolute atomic E-state index is 0.500. The Morgan fingerprint density at radius 3 is 2.24 bits per heavy atom. The second-order valence-electron chi connectivity index (χ2n) is 6.11. The smallest absolute Gasteiger partial charge is 0.0785 e. The lowest BCUT2D eigenvalue weighted by Crippen LogP contribution is -1.82. The van der Waals surface area contributed by atoms with Crippen LogP contribution in [0.4, 0.5) is 4.39 Å². The molecule has 0 nitrogen and oxygen atoms in total. The van der Waals surface area contributed by atoms with Crippen molar-refractivity contribution in [2.45, 2.75) is 34.1 Å². The fraction of sp³-hybridized carbons (Fsp3) is 0.250. The van der Waals surface area contributed by atoms with Gasteiger partial charge in [-0.1, -0.05) is 85.8 Å². The van der Waals surface area contributed by atoms with Crippen molar-refractivity contribution in [1.29, 1.82) is 0 Å². The van der Waals surface area contributed by atoms with E-state index < -0.39 is 0 Å². The van der Waals surface area contributed by atoms with Gasteiger partial charge < -0.3 is 0 Å². The van der Waals surface area contributed by atoms with E-state index in [4.69, 9.17) is 1.37 Å². The number of hydrogen-bond donors (Lipinski definition) is 0. The summed E-state index contributed by atoms with van der Waals surface area (Å²) in [6, 6.07) is 13.2. The highest BCUT2D eigenvalue weighted by atomic mass is 19.1. The predicted octanol–water partition coefficient (Wildman–Crippen LogP) is 6.91. The largest absolute Gasteiger partial charge is 0.255 e. The number of fused-ring (bicyclic) bond motifs is 2. The molecule has 2 aromatic carbocycles. The SMILES string of the molecule is C=CC1=Cc2cc(C)ccc2C1.CF.Cc1ccc2c(c1)C=CC2.[2H][13CH3]. The highest BCUT2D eigenvalue weighted by Crippen LogP contribution is 2.26. The van der Waals surface area contributed by atoms with E-state index in [9.17, 15) is 4.39 Å². The number of rotatable bonds is 1. The maximum Gasteiger partial charge on any atom is 0.0785 e. The zero-order chi connectivity index (χ0) is 19.5. The standard InChI is InChI=1S/C12H12.C10H10.CH3F.CH4/c1-3-10-7-11-5-4-9(2)6-12(11)8-10;1-8-5-6-9-3-2-4-10(9)7-8;1-2;/h3-6,8H,1,7H2,2H3;2,4-7H,3H2,1H3;1H3;1H4/i;;;1+1D. The first kappa shape index (κ1) is 18.9. The Bertz CT molecular complexity index is 785. The molecule has 0 amide bonds. The van der Waals surface area contributed by atoms with Gasteiger partial charge in [-0.25, -0.2) is 0 Å². The summed E-state index contributed by atoms with van der Waals surface area (Å²) in [7, 11) is 1.75. The summed E-state index contributed by atoms with van der Waals surface area (Å²) in [5.41, 5.74) is 9.67. The number of allylic oxidation sites excluding steroid dienone is 3. The highest BCUT2D eigenvalue weighted by molar-refractivity contribution is 5.66. The zero-order valence-corrected chi connectivity index (χ0v) is 15.8. The normalized spacial score (nSPS) is 12.7. The molecule has 25 heavy (non-hydrogen) atoms. The van der Waals surface area contributed by atoms with Gasteiger partial charge in [0.2, 0.25) is 0 Å². The fourth-order valence-corrected chi connectivity index (χ4v) is 2.98. The third kappa shape index (κ3) is 5.29. The zero-order valence-electron chi connectivity index (χ0n) is 16.8. The molecule has 0 radical (unpaired) electrons. The molecule has 2 aromatic rings. The van der Waals surface area contributed by atoms with E-state index >= 15 is 0 Å². The first-order chi connectivity index (χ1) is 12.7. The molecule has 0 aliphatic heterocycles. The Morgan fingerprint density at radius 2 is 1.60 bits per heavy atom. The van der Waals surface area contributed by atoms with Crippen LogP contribution >= 0.6 is 0 Å². The molecular weight excluding hydrogens is 308 g/mol. The van der Waals surface area contributed by atoms with Crippen LogP contribution < -0.4 is 0 Å². The van der Waals surface area contributed by atoms with Crippen molar-refractivity contribution in [3.05, 3.63) is 94.1 Å². The average Bonchev–Trinajstić information content (AvgIpc) is 3.31. The Kier molecular flexibility index (Phi) is 7.40. The van der Waals surface area contributed by atoms with E-state index in [1.165, 1.54) is 46.4 Å². The molecule has 2 aliphatic rings. The van der Waals surface area contributed by atoms with Gasteiger partial charge in [-0.15, -0.1) is 0 Å². The Morgan fingerprint density at radius 1 is 1.00 bits per heavy atom. The first-order valence-corrected chi connectivity index (χ1v) is 8.22. The van der Waals surface area contributed by atoms with Crippen LogP contribution in [0.1, 0.15) is 42.2 Å². The van der Waals surface area contributed by atoms with E-state index in [2.05, 4.69) is 75.1 Å². The molecule has 0 fully saturated rings. The van der Waals surface area contributed by atoms with Crippen LogP contribution in [-0.2, 0) is 12.8 Å². The van der Waals surface area contributed by atoms with Crippen molar-refractivity contribution in [2.24, 2.45) is 0 Å². The van der Waals surface area contributed by atoms with Gasteiger partial charge in [0.15, 0.2) is 0 Å². The molecule has 2 aliphatic carbocycles. The molecule has 0 bridgehead atoms. The summed E-state index contributed by atoms with van der Waals surface area (Å²) in [4.78, 5) is 0. The van der Waals surface area contributed by atoms with E-state index in [0.717, 1.165) is 12.8 Å². The molecule has 0 aromatic heterocycles. The molecular formula is C24H29F. The summed E-state index contributed by atoms with van der Waals surface area (Å²) in [5, 5.41) is 0. The summed E-state index contributed by atoms with van der Waals surface area (Å²) >= 11 is 0. The number of aryl methyl sites for hydroxylation is 2. The summed E-state index contributed by atoms with van der Waals surface area (Å²) in [6.45, 7) is 8.04. The molecule has 1 heteroatoms. The monoisotopic (exact) mass is 338 g/mol. The van der Waals surface area contributed by atoms with Crippen LogP contribution in [0.25, 0.3) is 12.2 Å². The molecule has 0 unspecified atom stereocenters. The molecule has 4 rings (SSSR count). The Hall–Kier alpha value is -2.41. The third-order valence-corrected chi connectivity index (χ3v) is 4.24. The van der Waals surface area contributed by atoms with E-state index in [1.54, 1.807) is 0 Å². The first-order valence-electron chi connectivity index (χ1n) is 9.22. The van der Waals surface area contributed by atoms with Gasteiger partial charge in [-0.3, -0.25) is 4.39 Å². The van der Waals surface area contributed by atoms with Crippen LogP contribution in [0.2, 0.25) is 0 Å². The van der Waals surface area contributed by atoms with E-state index in [-0.39, 0.29) is 0 Å². The lowest BCUT2D eigenvalue weighted by Gasteiger charge is -1.98. The highest BCUT2D eigenvalue weighted by Gasteiger charge is 2.09. The van der Waals surface area contributed by atoms with Crippen LogP contribution in [0.5, 0.6) is 0 Å². The molecule has 132 valence electrons. The molecule has 0 heterocycles.